The van der Waals surface area contributed by atoms with Crippen molar-refractivity contribution in [1.29, 1.82) is 0 Å². The third-order valence-electron chi connectivity index (χ3n) is 3.51. The van der Waals surface area contributed by atoms with E-state index in [1.807, 2.05) is 30.3 Å². The summed E-state index contributed by atoms with van der Waals surface area (Å²) >= 11 is 0. The molecule has 4 heteroatoms. The number of nitrogens with one attached hydrogen (secondary N) is 1. The van der Waals surface area contributed by atoms with Crippen LogP contribution in [0.3, 0.4) is 0 Å². The molecule has 0 saturated carbocycles. The van der Waals surface area contributed by atoms with E-state index in [9.17, 15) is 4.79 Å². The van der Waals surface area contributed by atoms with Gasteiger partial charge in [-0.05, 0) is 18.4 Å². The summed E-state index contributed by atoms with van der Waals surface area (Å²) in [6.07, 6.45) is 1.54. The molecule has 0 radical (unpaired) electrons. The monoisotopic (exact) mass is 263 g/mol. The Morgan fingerprint density at radius 3 is 2.68 bits per heavy atom. The largest absolute Gasteiger partial charge is 0.381 e. The molecule has 19 heavy (non-hydrogen) atoms. The second-order valence-corrected chi connectivity index (χ2v) is 4.77. The van der Waals surface area contributed by atoms with Gasteiger partial charge >= 0.3 is 0 Å². The highest BCUT2D eigenvalue weighted by Crippen LogP contribution is 2.17. The van der Waals surface area contributed by atoms with Gasteiger partial charge in [0.05, 0.1) is 6.10 Å². The van der Waals surface area contributed by atoms with Crippen molar-refractivity contribution in [2.24, 2.45) is 5.92 Å². The fraction of sp³-hybridized carbons (Fsp3) is 0.533. The molecule has 2 rings (SSSR count). The number of ether oxygens (including phenoxy) is 2. The number of carbonyl (C=O) groups excluding carboxylic acids is 1. The van der Waals surface area contributed by atoms with E-state index in [4.69, 9.17) is 9.47 Å². The summed E-state index contributed by atoms with van der Waals surface area (Å²) in [5, 5.41) is 2.98. The Balaban J connectivity index is 1.84. The number of amides is 1. The molecule has 104 valence electrons. The maximum absolute atomic E-state index is 12.0. The minimum atomic E-state index is -0.0926. The van der Waals surface area contributed by atoms with Gasteiger partial charge in [-0.2, -0.15) is 0 Å². The van der Waals surface area contributed by atoms with Crippen molar-refractivity contribution in [2.75, 3.05) is 26.9 Å². The van der Waals surface area contributed by atoms with Gasteiger partial charge in [0.1, 0.15) is 0 Å². The van der Waals surface area contributed by atoms with Crippen LogP contribution in [-0.4, -0.2) is 32.8 Å². The van der Waals surface area contributed by atoms with Gasteiger partial charge in [0.2, 0.25) is 5.91 Å². The zero-order valence-corrected chi connectivity index (χ0v) is 11.3. The molecule has 0 unspecified atom stereocenters. The lowest BCUT2D eigenvalue weighted by atomic mass is 9.99. The molecule has 0 aliphatic carbocycles. The van der Waals surface area contributed by atoms with Crippen LogP contribution >= 0.6 is 0 Å². The Kier molecular flexibility index (Phi) is 5.36. The summed E-state index contributed by atoms with van der Waals surface area (Å²) in [6, 6.07) is 9.93. The first-order valence-corrected chi connectivity index (χ1v) is 6.74. The van der Waals surface area contributed by atoms with Crippen LogP contribution in [0, 0.1) is 5.92 Å². The van der Waals surface area contributed by atoms with E-state index in [1.54, 1.807) is 7.11 Å². The smallest absolute Gasteiger partial charge is 0.223 e. The van der Waals surface area contributed by atoms with Crippen molar-refractivity contribution in [2.45, 2.75) is 18.9 Å². The molecule has 1 aliphatic heterocycles. The molecule has 1 heterocycles. The van der Waals surface area contributed by atoms with Crippen LogP contribution in [0.4, 0.5) is 0 Å². The lowest BCUT2D eigenvalue weighted by Gasteiger charge is -2.23. The molecule has 4 nitrogen and oxygen atoms in total. The van der Waals surface area contributed by atoms with Gasteiger partial charge in [-0.15, -0.1) is 0 Å². The van der Waals surface area contributed by atoms with Gasteiger partial charge in [0.25, 0.3) is 0 Å². The molecule has 1 atom stereocenters. The average Bonchev–Trinajstić information content (AvgIpc) is 2.49. The van der Waals surface area contributed by atoms with Gasteiger partial charge in [-0.3, -0.25) is 4.79 Å². The van der Waals surface area contributed by atoms with E-state index in [0.717, 1.165) is 18.4 Å². The minimum Gasteiger partial charge on any atom is -0.381 e. The van der Waals surface area contributed by atoms with Gasteiger partial charge in [0.15, 0.2) is 0 Å². The van der Waals surface area contributed by atoms with Crippen LogP contribution < -0.4 is 5.32 Å². The molecule has 0 bridgehead atoms. The van der Waals surface area contributed by atoms with Gasteiger partial charge < -0.3 is 14.8 Å². The molecule has 1 aromatic rings. The summed E-state index contributed by atoms with van der Waals surface area (Å²) in [5.41, 5.74) is 1.08. The van der Waals surface area contributed by atoms with E-state index in [2.05, 4.69) is 5.32 Å². The van der Waals surface area contributed by atoms with E-state index in [0.29, 0.717) is 19.8 Å². The third kappa shape index (κ3) is 4.04. The Bertz CT molecular complexity index is 388. The van der Waals surface area contributed by atoms with Crippen LogP contribution in [-0.2, 0) is 14.3 Å². The SMILES string of the molecule is CO[C@@H](CNC(=O)C1CCOCC1)c1ccccc1. The topological polar surface area (TPSA) is 47.6 Å². The first-order chi connectivity index (χ1) is 9.31. The normalized spacial score (nSPS) is 17.9. The number of carbonyl (C=O) groups is 1. The maximum atomic E-state index is 12.0. The fourth-order valence-corrected chi connectivity index (χ4v) is 2.30. The second kappa shape index (κ2) is 7.26. The predicted octanol–water partition coefficient (Wildman–Crippen LogP) is 1.92. The number of benzene rings is 1. The zero-order valence-electron chi connectivity index (χ0n) is 11.3. The lowest BCUT2D eigenvalue weighted by Crippen LogP contribution is -2.36. The molecule has 1 N–H and O–H groups in total. The highest BCUT2D eigenvalue weighted by atomic mass is 16.5. The van der Waals surface area contributed by atoms with Crippen LogP contribution in [0.2, 0.25) is 0 Å². The Hall–Kier alpha value is -1.39. The standard InChI is InChI=1S/C15H21NO3/c1-18-14(12-5-3-2-4-6-12)11-16-15(17)13-7-9-19-10-8-13/h2-6,13-14H,7-11H2,1H3,(H,16,17)/t14-/m0/s1. The van der Waals surface area contributed by atoms with Gasteiger partial charge in [-0.25, -0.2) is 0 Å². The minimum absolute atomic E-state index is 0.0852. The van der Waals surface area contributed by atoms with Gasteiger partial charge in [-0.1, -0.05) is 30.3 Å². The number of hydrogen-bond acceptors (Lipinski definition) is 3. The number of hydrogen-bond donors (Lipinski definition) is 1. The van der Waals surface area contributed by atoms with Gasteiger partial charge in [0, 0.05) is 32.8 Å². The van der Waals surface area contributed by atoms with Crippen molar-refractivity contribution < 1.29 is 14.3 Å². The van der Waals surface area contributed by atoms with E-state index >= 15 is 0 Å². The highest BCUT2D eigenvalue weighted by Gasteiger charge is 2.22. The number of methoxy groups -OCH3 is 1. The van der Waals surface area contributed by atoms with E-state index < -0.39 is 0 Å². The van der Waals surface area contributed by atoms with Crippen molar-refractivity contribution in [3.05, 3.63) is 35.9 Å². The van der Waals surface area contributed by atoms with Crippen molar-refractivity contribution in [3.8, 4) is 0 Å². The Labute approximate surface area is 114 Å². The van der Waals surface area contributed by atoms with Crippen LogP contribution in [0.25, 0.3) is 0 Å². The average molecular weight is 263 g/mol. The molecule has 1 aromatic carbocycles. The molecular weight excluding hydrogens is 242 g/mol. The van der Waals surface area contributed by atoms with Crippen molar-refractivity contribution in [1.82, 2.24) is 5.32 Å². The summed E-state index contributed by atoms with van der Waals surface area (Å²) in [7, 11) is 1.66. The molecule has 0 aromatic heterocycles. The molecule has 1 aliphatic rings. The summed E-state index contributed by atoms with van der Waals surface area (Å²) < 4.78 is 10.7. The van der Waals surface area contributed by atoms with Crippen LogP contribution in [0.1, 0.15) is 24.5 Å². The van der Waals surface area contributed by atoms with Crippen molar-refractivity contribution in [3.63, 3.8) is 0 Å². The summed E-state index contributed by atoms with van der Waals surface area (Å²) in [4.78, 5) is 12.0. The second-order valence-electron chi connectivity index (χ2n) is 4.77. The molecule has 1 amide bonds. The first kappa shape index (κ1) is 14.0. The first-order valence-electron chi connectivity index (χ1n) is 6.74. The molecular formula is C15H21NO3. The van der Waals surface area contributed by atoms with E-state index in [1.165, 1.54) is 0 Å². The lowest BCUT2D eigenvalue weighted by molar-refractivity contribution is -0.128. The fourth-order valence-electron chi connectivity index (χ4n) is 2.30. The molecule has 0 spiro atoms. The van der Waals surface area contributed by atoms with Crippen LogP contribution in [0.5, 0.6) is 0 Å². The quantitative estimate of drug-likeness (QED) is 0.883. The maximum Gasteiger partial charge on any atom is 0.223 e. The predicted molar refractivity (Wildman–Crippen MR) is 72.7 cm³/mol. The Morgan fingerprint density at radius 1 is 1.37 bits per heavy atom. The van der Waals surface area contributed by atoms with Crippen LogP contribution in [0.15, 0.2) is 30.3 Å². The summed E-state index contributed by atoms with van der Waals surface area (Å²) in [5.74, 6) is 0.198. The summed E-state index contributed by atoms with van der Waals surface area (Å²) in [6.45, 7) is 1.88. The van der Waals surface area contributed by atoms with Crippen molar-refractivity contribution >= 4 is 5.91 Å². The third-order valence-corrected chi connectivity index (χ3v) is 3.51. The number of rotatable bonds is 5. The Morgan fingerprint density at radius 2 is 2.05 bits per heavy atom. The molecule has 1 fully saturated rings. The van der Waals surface area contributed by atoms with E-state index in [-0.39, 0.29) is 17.9 Å². The molecule has 1 saturated heterocycles. The highest BCUT2D eigenvalue weighted by molar-refractivity contribution is 5.78. The zero-order chi connectivity index (χ0) is 13.5.